The summed E-state index contributed by atoms with van der Waals surface area (Å²) in [5, 5.41) is 0. The molecule has 0 radical (unpaired) electrons. The number of hydrogen-bond acceptors (Lipinski definition) is 5. The number of aromatic nitrogens is 3. The molecule has 9 heteroatoms. The van der Waals surface area contributed by atoms with Gasteiger partial charge in [0, 0.05) is 38.3 Å². The minimum atomic E-state index is -3.48. The fourth-order valence-electron chi connectivity index (χ4n) is 3.35. The van der Waals surface area contributed by atoms with E-state index in [0.29, 0.717) is 12.2 Å². The largest absolute Gasteiger partial charge is 0.335 e. The third kappa shape index (κ3) is 4.28. The van der Waals surface area contributed by atoms with Crippen LogP contribution in [0.4, 0.5) is 4.39 Å². The first kappa shape index (κ1) is 22.1. The Balaban J connectivity index is 2.03. The summed E-state index contributed by atoms with van der Waals surface area (Å²) in [6.07, 6.45) is 3.59. The molecule has 3 rings (SSSR count). The first-order valence-corrected chi connectivity index (χ1v) is 11.0. The van der Waals surface area contributed by atoms with Crippen molar-refractivity contribution in [3.8, 4) is 0 Å². The standard InChI is InChI=1S/C21H26FN5O2S/c1-14-19(11-16-5-7-18(8-6-16)30(28,29)26(3)4)21-20(12-24-15(2)25-21)27(14)13-17(22)9-10-23/h5-9,12H,10-11,13,23H2,1-4H3/b17-9-. The minimum Gasteiger partial charge on any atom is -0.335 e. The molecule has 1 aromatic carbocycles. The van der Waals surface area contributed by atoms with Gasteiger partial charge in [-0.1, -0.05) is 12.1 Å². The van der Waals surface area contributed by atoms with E-state index in [-0.39, 0.29) is 23.8 Å². The van der Waals surface area contributed by atoms with Crippen LogP contribution >= 0.6 is 0 Å². The molecule has 0 saturated carbocycles. The highest BCUT2D eigenvalue weighted by atomic mass is 32.2. The van der Waals surface area contributed by atoms with Crippen molar-refractivity contribution in [3.63, 3.8) is 0 Å². The molecule has 30 heavy (non-hydrogen) atoms. The predicted molar refractivity (Wildman–Crippen MR) is 115 cm³/mol. The molecule has 0 saturated heterocycles. The van der Waals surface area contributed by atoms with Crippen LogP contribution in [0.15, 0.2) is 47.3 Å². The topological polar surface area (TPSA) is 94.1 Å². The Kier molecular flexibility index (Phi) is 6.35. The van der Waals surface area contributed by atoms with Gasteiger partial charge in [-0.15, -0.1) is 0 Å². The highest BCUT2D eigenvalue weighted by Crippen LogP contribution is 2.28. The van der Waals surface area contributed by atoms with Crippen LogP contribution in [0.3, 0.4) is 0 Å². The van der Waals surface area contributed by atoms with Crippen LogP contribution in [0.1, 0.15) is 22.6 Å². The van der Waals surface area contributed by atoms with Gasteiger partial charge in [-0.3, -0.25) is 0 Å². The zero-order valence-corrected chi connectivity index (χ0v) is 18.4. The van der Waals surface area contributed by atoms with Gasteiger partial charge in [0.25, 0.3) is 0 Å². The van der Waals surface area contributed by atoms with Crippen LogP contribution < -0.4 is 5.73 Å². The van der Waals surface area contributed by atoms with Gasteiger partial charge < -0.3 is 10.3 Å². The first-order valence-electron chi connectivity index (χ1n) is 9.52. The molecule has 0 amide bonds. The van der Waals surface area contributed by atoms with E-state index in [1.54, 1.807) is 30.5 Å². The summed E-state index contributed by atoms with van der Waals surface area (Å²) in [4.78, 5) is 9.09. The summed E-state index contributed by atoms with van der Waals surface area (Å²) >= 11 is 0. The monoisotopic (exact) mass is 431 g/mol. The quantitative estimate of drug-likeness (QED) is 0.621. The lowest BCUT2D eigenvalue weighted by atomic mass is 10.0. The molecule has 0 aliphatic heterocycles. The number of allylic oxidation sites excluding steroid dienone is 1. The van der Waals surface area contributed by atoms with Crippen LogP contribution in [0, 0.1) is 13.8 Å². The van der Waals surface area contributed by atoms with E-state index in [2.05, 4.69) is 9.97 Å². The Morgan fingerprint density at radius 3 is 2.50 bits per heavy atom. The van der Waals surface area contributed by atoms with Crippen LogP contribution in [-0.4, -0.2) is 47.9 Å². The highest BCUT2D eigenvalue weighted by Gasteiger charge is 2.19. The molecule has 0 aliphatic rings. The number of nitrogens with two attached hydrogens (primary N) is 1. The van der Waals surface area contributed by atoms with E-state index in [1.165, 1.54) is 24.5 Å². The smallest absolute Gasteiger partial charge is 0.242 e. The molecule has 2 aromatic heterocycles. The molecule has 3 aromatic rings. The Hall–Kier alpha value is -2.62. The van der Waals surface area contributed by atoms with Crippen molar-refractivity contribution < 1.29 is 12.8 Å². The summed E-state index contributed by atoms with van der Waals surface area (Å²) < 4.78 is 41.8. The number of hydrogen-bond donors (Lipinski definition) is 1. The Labute approximate surface area is 176 Å². The zero-order valence-electron chi connectivity index (χ0n) is 17.6. The average molecular weight is 432 g/mol. The molecule has 0 unspecified atom stereocenters. The lowest BCUT2D eigenvalue weighted by molar-refractivity contribution is 0.520. The molecule has 2 heterocycles. The summed E-state index contributed by atoms with van der Waals surface area (Å²) in [6, 6.07) is 6.79. The third-order valence-corrected chi connectivity index (χ3v) is 6.87. The molecule has 0 fully saturated rings. The molecule has 0 aliphatic carbocycles. The molecule has 0 bridgehead atoms. The lowest BCUT2D eigenvalue weighted by Gasteiger charge is -2.12. The molecule has 160 valence electrons. The van der Waals surface area contributed by atoms with Crippen molar-refractivity contribution in [3.05, 3.63) is 65.0 Å². The lowest BCUT2D eigenvalue weighted by Crippen LogP contribution is -2.22. The van der Waals surface area contributed by atoms with E-state index >= 15 is 0 Å². The molecular weight excluding hydrogens is 405 g/mol. The van der Waals surface area contributed by atoms with Crippen molar-refractivity contribution in [2.45, 2.75) is 31.7 Å². The van der Waals surface area contributed by atoms with Crippen molar-refractivity contribution in [1.82, 2.24) is 18.8 Å². The molecule has 0 spiro atoms. The number of halogens is 1. The fraction of sp³-hybridized carbons (Fsp3) is 0.333. The van der Waals surface area contributed by atoms with Gasteiger partial charge in [0.2, 0.25) is 10.0 Å². The van der Waals surface area contributed by atoms with Crippen LogP contribution in [0.5, 0.6) is 0 Å². The average Bonchev–Trinajstić information content (AvgIpc) is 2.93. The number of nitrogens with zero attached hydrogens (tertiary/aromatic N) is 4. The normalized spacial score (nSPS) is 12.8. The Morgan fingerprint density at radius 2 is 1.90 bits per heavy atom. The van der Waals surface area contributed by atoms with Gasteiger partial charge in [0.15, 0.2) is 0 Å². The van der Waals surface area contributed by atoms with Crippen LogP contribution in [-0.2, 0) is 23.0 Å². The van der Waals surface area contributed by atoms with E-state index in [0.717, 1.165) is 27.9 Å². The van der Waals surface area contributed by atoms with Crippen molar-refractivity contribution in [1.29, 1.82) is 0 Å². The van der Waals surface area contributed by atoms with Crippen molar-refractivity contribution in [2.75, 3.05) is 20.6 Å². The summed E-state index contributed by atoms with van der Waals surface area (Å²) in [6.45, 7) is 3.93. The van der Waals surface area contributed by atoms with Crippen molar-refractivity contribution in [2.24, 2.45) is 5.73 Å². The molecule has 0 atom stereocenters. The van der Waals surface area contributed by atoms with E-state index < -0.39 is 10.0 Å². The van der Waals surface area contributed by atoms with Gasteiger partial charge in [0.05, 0.1) is 28.7 Å². The molecule has 2 N–H and O–H groups in total. The number of fused-ring (bicyclic) bond motifs is 1. The first-order chi connectivity index (χ1) is 14.1. The third-order valence-electron chi connectivity index (χ3n) is 5.04. The summed E-state index contributed by atoms with van der Waals surface area (Å²) in [5.74, 6) is 0.314. The second-order valence-corrected chi connectivity index (χ2v) is 9.45. The van der Waals surface area contributed by atoms with E-state index in [1.807, 2.05) is 18.4 Å². The predicted octanol–water partition coefficient (Wildman–Crippen LogP) is 2.70. The Morgan fingerprint density at radius 1 is 1.23 bits per heavy atom. The summed E-state index contributed by atoms with van der Waals surface area (Å²) in [5.41, 5.74) is 9.72. The second-order valence-electron chi connectivity index (χ2n) is 7.30. The highest BCUT2D eigenvalue weighted by molar-refractivity contribution is 7.89. The van der Waals surface area contributed by atoms with E-state index in [4.69, 9.17) is 5.73 Å². The maximum absolute atomic E-state index is 14.2. The maximum Gasteiger partial charge on any atom is 0.242 e. The molecule has 7 nitrogen and oxygen atoms in total. The maximum atomic E-state index is 14.2. The number of aryl methyl sites for hydroxylation is 1. The number of rotatable bonds is 7. The van der Waals surface area contributed by atoms with Gasteiger partial charge in [-0.2, -0.15) is 0 Å². The van der Waals surface area contributed by atoms with Crippen molar-refractivity contribution >= 4 is 21.1 Å². The van der Waals surface area contributed by atoms with E-state index in [9.17, 15) is 12.8 Å². The van der Waals surface area contributed by atoms with Gasteiger partial charge >= 0.3 is 0 Å². The summed E-state index contributed by atoms with van der Waals surface area (Å²) in [7, 11) is -0.476. The number of sulfonamides is 1. The van der Waals surface area contributed by atoms with Gasteiger partial charge in [0.1, 0.15) is 11.7 Å². The van der Waals surface area contributed by atoms with Crippen LogP contribution in [0.2, 0.25) is 0 Å². The SMILES string of the molecule is Cc1ncc2c(n1)c(Cc1ccc(S(=O)(=O)N(C)C)cc1)c(C)n2C/C(F)=C/CN. The molecular formula is C21H26FN5O2S. The zero-order chi connectivity index (χ0) is 22.1. The minimum absolute atomic E-state index is 0.0615. The second kappa shape index (κ2) is 8.63. The van der Waals surface area contributed by atoms with Gasteiger partial charge in [-0.05, 0) is 37.6 Å². The van der Waals surface area contributed by atoms with Gasteiger partial charge in [-0.25, -0.2) is 27.1 Å². The van der Waals surface area contributed by atoms with Crippen LogP contribution in [0.25, 0.3) is 11.0 Å². The Bertz CT molecular complexity index is 1200. The fourth-order valence-corrected chi connectivity index (χ4v) is 4.25. The number of benzene rings is 1.